The SMILES string of the molecule is Cc1ccc(Cl)c2c(CCCCN)c(-c3cccc(Oc4ccccc4)c3)[nH]c12. The third kappa shape index (κ3) is 4.16. The van der Waals surface area contributed by atoms with E-state index in [0.717, 1.165) is 57.9 Å². The molecule has 0 saturated carbocycles. The minimum atomic E-state index is 0.699. The number of halogens is 1. The lowest BCUT2D eigenvalue weighted by Gasteiger charge is -2.09. The Morgan fingerprint density at radius 3 is 2.52 bits per heavy atom. The van der Waals surface area contributed by atoms with Gasteiger partial charge in [0.05, 0.1) is 10.5 Å². The highest BCUT2D eigenvalue weighted by Crippen LogP contribution is 2.38. The van der Waals surface area contributed by atoms with Crippen molar-refractivity contribution in [1.29, 1.82) is 0 Å². The summed E-state index contributed by atoms with van der Waals surface area (Å²) in [5.41, 5.74) is 11.5. The third-order valence-corrected chi connectivity index (χ3v) is 5.51. The van der Waals surface area contributed by atoms with E-state index in [1.54, 1.807) is 0 Å². The molecule has 0 saturated heterocycles. The summed E-state index contributed by atoms with van der Waals surface area (Å²) in [5.74, 6) is 1.63. The Bertz CT molecular complexity index is 1120. The third-order valence-electron chi connectivity index (χ3n) is 5.20. The van der Waals surface area contributed by atoms with Gasteiger partial charge in [-0.15, -0.1) is 0 Å². The van der Waals surface area contributed by atoms with Gasteiger partial charge < -0.3 is 15.5 Å². The normalized spacial score (nSPS) is 11.1. The van der Waals surface area contributed by atoms with Gasteiger partial charge in [0.25, 0.3) is 0 Å². The van der Waals surface area contributed by atoms with Gasteiger partial charge in [-0.05, 0) is 74.2 Å². The van der Waals surface area contributed by atoms with Crippen LogP contribution in [0.25, 0.3) is 22.2 Å². The first-order valence-electron chi connectivity index (χ1n) is 10.0. The zero-order valence-corrected chi connectivity index (χ0v) is 17.3. The van der Waals surface area contributed by atoms with Gasteiger partial charge in [-0.2, -0.15) is 0 Å². The van der Waals surface area contributed by atoms with Gasteiger partial charge in [-0.3, -0.25) is 0 Å². The molecule has 0 aliphatic heterocycles. The minimum absolute atomic E-state index is 0.699. The molecule has 0 fully saturated rings. The molecule has 0 spiro atoms. The highest BCUT2D eigenvalue weighted by Gasteiger charge is 2.17. The number of nitrogens with one attached hydrogen (secondary N) is 1. The predicted octanol–water partition coefficient (Wildman–Crippen LogP) is 6.87. The van der Waals surface area contributed by atoms with Crippen molar-refractivity contribution in [3.63, 3.8) is 0 Å². The molecule has 3 aromatic carbocycles. The fourth-order valence-corrected chi connectivity index (χ4v) is 4.02. The van der Waals surface area contributed by atoms with Crippen LogP contribution < -0.4 is 10.5 Å². The molecule has 0 aliphatic rings. The average Bonchev–Trinajstić information content (AvgIpc) is 3.13. The van der Waals surface area contributed by atoms with Crippen molar-refractivity contribution in [2.45, 2.75) is 26.2 Å². The molecule has 0 radical (unpaired) electrons. The van der Waals surface area contributed by atoms with E-state index in [-0.39, 0.29) is 0 Å². The Balaban J connectivity index is 1.78. The predicted molar refractivity (Wildman–Crippen MR) is 122 cm³/mol. The van der Waals surface area contributed by atoms with Crippen molar-refractivity contribution in [2.24, 2.45) is 5.73 Å². The van der Waals surface area contributed by atoms with Gasteiger partial charge >= 0.3 is 0 Å². The summed E-state index contributed by atoms with van der Waals surface area (Å²) < 4.78 is 6.04. The number of hydrogen-bond acceptors (Lipinski definition) is 2. The molecule has 0 aliphatic carbocycles. The number of rotatable bonds is 7. The summed E-state index contributed by atoms with van der Waals surface area (Å²) in [5, 5.41) is 1.90. The second-order valence-electron chi connectivity index (χ2n) is 7.28. The van der Waals surface area contributed by atoms with E-state index in [0.29, 0.717) is 6.54 Å². The van der Waals surface area contributed by atoms with E-state index in [4.69, 9.17) is 22.1 Å². The highest BCUT2D eigenvalue weighted by molar-refractivity contribution is 6.36. The van der Waals surface area contributed by atoms with Gasteiger partial charge in [0.15, 0.2) is 0 Å². The van der Waals surface area contributed by atoms with Crippen molar-refractivity contribution >= 4 is 22.5 Å². The summed E-state index contributed by atoms with van der Waals surface area (Å²) in [6.45, 7) is 2.81. The number of unbranched alkanes of at least 4 members (excludes halogenated alkanes) is 1. The second kappa shape index (κ2) is 8.73. The Kier molecular flexibility index (Phi) is 5.89. The fraction of sp³-hybridized carbons (Fsp3) is 0.200. The number of aryl methyl sites for hydroxylation is 2. The summed E-state index contributed by atoms with van der Waals surface area (Å²) >= 11 is 6.62. The van der Waals surface area contributed by atoms with Crippen LogP contribution in [0.15, 0.2) is 66.7 Å². The van der Waals surface area contributed by atoms with Crippen molar-refractivity contribution in [3.05, 3.63) is 82.9 Å². The number of hydrogen-bond donors (Lipinski definition) is 2. The van der Waals surface area contributed by atoms with Gasteiger partial charge in [0.2, 0.25) is 0 Å². The molecular weight excluding hydrogens is 380 g/mol. The number of H-pyrrole nitrogens is 1. The van der Waals surface area contributed by atoms with Crippen LogP contribution in [0.4, 0.5) is 0 Å². The monoisotopic (exact) mass is 404 g/mol. The first-order chi connectivity index (χ1) is 14.2. The van der Waals surface area contributed by atoms with Crippen LogP contribution >= 0.6 is 11.6 Å². The van der Waals surface area contributed by atoms with E-state index < -0.39 is 0 Å². The molecule has 29 heavy (non-hydrogen) atoms. The number of para-hydroxylation sites is 1. The van der Waals surface area contributed by atoms with E-state index in [9.17, 15) is 0 Å². The van der Waals surface area contributed by atoms with E-state index in [2.05, 4.69) is 30.1 Å². The van der Waals surface area contributed by atoms with Crippen LogP contribution in [0.2, 0.25) is 5.02 Å². The number of aromatic amines is 1. The van der Waals surface area contributed by atoms with E-state index in [1.165, 1.54) is 11.1 Å². The average molecular weight is 405 g/mol. The summed E-state index contributed by atoms with van der Waals surface area (Å²) in [6, 6.07) is 22.1. The molecule has 3 nitrogen and oxygen atoms in total. The minimum Gasteiger partial charge on any atom is -0.457 e. The Labute approximate surface area is 176 Å². The molecule has 0 unspecified atom stereocenters. The fourth-order valence-electron chi connectivity index (χ4n) is 3.75. The number of ether oxygens (including phenoxy) is 1. The lowest BCUT2D eigenvalue weighted by molar-refractivity contribution is 0.483. The Morgan fingerprint density at radius 1 is 0.931 bits per heavy atom. The number of nitrogens with two attached hydrogens (primary N) is 1. The van der Waals surface area contributed by atoms with E-state index >= 15 is 0 Å². The number of fused-ring (bicyclic) bond motifs is 1. The van der Waals surface area contributed by atoms with Crippen molar-refractivity contribution in [1.82, 2.24) is 4.98 Å². The van der Waals surface area contributed by atoms with Crippen LogP contribution in [0.5, 0.6) is 11.5 Å². The largest absolute Gasteiger partial charge is 0.457 e. The van der Waals surface area contributed by atoms with Crippen molar-refractivity contribution < 1.29 is 4.74 Å². The molecular formula is C25H25ClN2O. The van der Waals surface area contributed by atoms with Gasteiger partial charge in [-0.25, -0.2) is 0 Å². The van der Waals surface area contributed by atoms with Gasteiger partial charge in [0.1, 0.15) is 11.5 Å². The molecule has 0 bridgehead atoms. The van der Waals surface area contributed by atoms with Crippen LogP contribution in [0.1, 0.15) is 24.0 Å². The highest BCUT2D eigenvalue weighted by atomic mass is 35.5. The maximum atomic E-state index is 6.62. The Morgan fingerprint density at radius 2 is 1.72 bits per heavy atom. The summed E-state index contributed by atoms with van der Waals surface area (Å²) in [6.07, 6.45) is 2.95. The summed E-state index contributed by atoms with van der Waals surface area (Å²) in [7, 11) is 0. The Hall–Kier alpha value is -2.75. The zero-order chi connectivity index (χ0) is 20.2. The first kappa shape index (κ1) is 19.6. The zero-order valence-electron chi connectivity index (χ0n) is 16.5. The molecule has 4 rings (SSSR count). The van der Waals surface area contributed by atoms with Crippen LogP contribution in [-0.4, -0.2) is 11.5 Å². The van der Waals surface area contributed by atoms with Gasteiger partial charge in [0, 0.05) is 16.6 Å². The van der Waals surface area contributed by atoms with Crippen LogP contribution in [0.3, 0.4) is 0 Å². The molecule has 0 amide bonds. The van der Waals surface area contributed by atoms with Crippen molar-refractivity contribution in [3.8, 4) is 22.8 Å². The molecule has 3 N–H and O–H groups in total. The molecule has 1 heterocycles. The van der Waals surface area contributed by atoms with Gasteiger partial charge in [-0.1, -0.05) is 48.0 Å². The maximum absolute atomic E-state index is 6.62. The lowest BCUT2D eigenvalue weighted by atomic mass is 9.99. The second-order valence-corrected chi connectivity index (χ2v) is 7.69. The molecule has 4 aromatic rings. The molecule has 148 valence electrons. The van der Waals surface area contributed by atoms with Crippen LogP contribution in [-0.2, 0) is 6.42 Å². The topological polar surface area (TPSA) is 51.0 Å². The molecule has 4 heteroatoms. The number of aromatic nitrogens is 1. The molecule has 0 atom stereocenters. The summed E-state index contributed by atoms with van der Waals surface area (Å²) in [4.78, 5) is 3.64. The van der Waals surface area contributed by atoms with E-state index in [1.807, 2.05) is 48.5 Å². The number of benzene rings is 3. The van der Waals surface area contributed by atoms with Crippen LogP contribution in [0, 0.1) is 6.92 Å². The standard InChI is InChI=1S/C25H25ClN2O/c1-17-13-14-22(26)23-21(12-5-6-15-27)25(28-24(17)23)18-8-7-11-20(16-18)29-19-9-3-2-4-10-19/h2-4,7-11,13-14,16,28H,5-6,12,15,27H2,1H3. The van der Waals surface area contributed by atoms with Crippen molar-refractivity contribution in [2.75, 3.05) is 6.54 Å². The first-order valence-corrected chi connectivity index (χ1v) is 10.4. The molecule has 1 aromatic heterocycles. The lowest BCUT2D eigenvalue weighted by Crippen LogP contribution is -1.99. The quantitative estimate of drug-likeness (QED) is 0.330. The smallest absolute Gasteiger partial charge is 0.128 e. The maximum Gasteiger partial charge on any atom is 0.128 e.